The van der Waals surface area contributed by atoms with Crippen LogP contribution in [0.15, 0.2) is 29.3 Å². The largest absolute Gasteiger partial charge is 0.379 e. The van der Waals surface area contributed by atoms with Gasteiger partial charge in [0.2, 0.25) is 0 Å². The number of aryl methyl sites for hydroxylation is 1. The molecule has 0 saturated carbocycles. The summed E-state index contributed by atoms with van der Waals surface area (Å²) in [6, 6.07) is 7.94. The van der Waals surface area contributed by atoms with E-state index in [4.69, 9.17) is 21.3 Å². The van der Waals surface area contributed by atoms with Gasteiger partial charge < -0.3 is 19.9 Å². The number of benzene rings is 1. The Balaban J connectivity index is 1.53. The lowest BCUT2D eigenvalue weighted by atomic mass is 10.1. The molecule has 0 atom stereocenters. The number of hydrogen-bond acceptors (Lipinski definition) is 5. The Bertz CT molecular complexity index is 785. The summed E-state index contributed by atoms with van der Waals surface area (Å²) in [6.45, 7) is 8.57. The second kappa shape index (κ2) is 11.1. The molecule has 1 fully saturated rings. The highest BCUT2D eigenvalue weighted by Crippen LogP contribution is 2.09. The average Bonchev–Trinajstić information content (AvgIpc) is 3.06. The van der Waals surface area contributed by atoms with Crippen LogP contribution >= 0.6 is 11.6 Å². The van der Waals surface area contributed by atoms with Crippen LogP contribution in [0, 0.1) is 6.92 Å². The fourth-order valence-corrected chi connectivity index (χ4v) is 3.17. The van der Waals surface area contributed by atoms with Crippen LogP contribution < -0.4 is 10.6 Å². The second-order valence-corrected chi connectivity index (χ2v) is 7.51. The van der Waals surface area contributed by atoms with Gasteiger partial charge >= 0.3 is 0 Å². The fourth-order valence-electron chi connectivity index (χ4n) is 3.05. The van der Waals surface area contributed by atoms with Crippen molar-refractivity contribution in [1.29, 1.82) is 0 Å². The average molecular weight is 420 g/mol. The molecule has 1 aromatic heterocycles. The summed E-state index contributed by atoms with van der Waals surface area (Å²) < 4.78 is 7.37. The molecule has 29 heavy (non-hydrogen) atoms. The van der Waals surface area contributed by atoms with E-state index in [0.717, 1.165) is 75.0 Å². The molecule has 9 heteroatoms. The van der Waals surface area contributed by atoms with Crippen LogP contribution in [0.2, 0.25) is 5.02 Å². The van der Waals surface area contributed by atoms with Gasteiger partial charge in [0.05, 0.1) is 13.2 Å². The minimum atomic E-state index is 0.477. The molecular weight excluding hydrogens is 390 g/mol. The van der Waals surface area contributed by atoms with E-state index in [9.17, 15) is 0 Å². The topological polar surface area (TPSA) is 79.6 Å². The predicted octanol–water partition coefficient (Wildman–Crippen LogP) is 1.39. The van der Waals surface area contributed by atoms with E-state index in [0.29, 0.717) is 6.54 Å². The van der Waals surface area contributed by atoms with Gasteiger partial charge in [-0.25, -0.2) is 4.99 Å². The van der Waals surface area contributed by atoms with E-state index in [-0.39, 0.29) is 0 Å². The molecule has 3 rings (SSSR count). The first-order valence-electron chi connectivity index (χ1n) is 10.0. The van der Waals surface area contributed by atoms with Gasteiger partial charge in [-0.3, -0.25) is 4.90 Å². The molecule has 1 aliphatic rings. The van der Waals surface area contributed by atoms with Gasteiger partial charge in [0.15, 0.2) is 11.8 Å². The zero-order valence-corrected chi connectivity index (χ0v) is 18.0. The van der Waals surface area contributed by atoms with Crippen molar-refractivity contribution < 1.29 is 4.74 Å². The van der Waals surface area contributed by atoms with Crippen molar-refractivity contribution in [2.45, 2.75) is 19.9 Å². The quantitative estimate of drug-likeness (QED) is 0.497. The third-order valence-electron chi connectivity index (χ3n) is 5.00. The summed E-state index contributed by atoms with van der Waals surface area (Å²) >= 11 is 5.96. The maximum atomic E-state index is 5.96. The summed E-state index contributed by atoms with van der Waals surface area (Å²) in [4.78, 5) is 7.10. The van der Waals surface area contributed by atoms with Gasteiger partial charge in [-0.05, 0) is 31.0 Å². The summed E-state index contributed by atoms with van der Waals surface area (Å²) in [7, 11) is 1.96. The van der Waals surface area contributed by atoms with Crippen molar-refractivity contribution in [1.82, 2.24) is 30.3 Å². The minimum Gasteiger partial charge on any atom is -0.379 e. The summed E-state index contributed by atoms with van der Waals surface area (Å²) in [5.74, 6) is 2.51. The number of nitrogens with one attached hydrogen (secondary N) is 2. The van der Waals surface area contributed by atoms with E-state index in [1.165, 1.54) is 5.56 Å². The van der Waals surface area contributed by atoms with Crippen molar-refractivity contribution in [2.75, 3.05) is 45.9 Å². The molecule has 0 amide bonds. The van der Waals surface area contributed by atoms with Gasteiger partial charge in [0.25, 0.3) is 0 Å². The first-order valence-corrected chi connectivity index (χ1v) is 10.4. The van der Waals surface area contributed by atoms with Gasteiger partial charge in [-0.2, -0.15) is 0 Å². The number of ether oxygens (including phenoxy) is 1. The highest BCUT2D eigenvalue weighted by Gasteiger charge is 2.10. The Labute approximate surface area is 177 Å². The van der Waals surface area contributed by atoms with E-state index in [1.807, 2.05) is 30.7 Å². The molecule has 0 spiro atoms. The third kappa shape index (κ3) is 6.99. The monoisotopic (exact) mass is 419 g/mol. The predicted molar refractivity (Wildman–Crippen MR) is 115 cm³/mol. The first kappa shape index (κ1) is 21.5. The highest BCUT2D eigenvalue weighted by molar-refractivity contribution is 6.30. The molecule has 8 nitrogen and oxygen atoms in total. The number of aliphatic imine (C=N–C) groups is 1. The van der Waals surface area contributed by atoms with Crippen LogP contribution in [-0.4, -0.2) is 71.6 Å². The Morgan fingerprint density at radius 2 is 1.86 bits per heavy atom. The first-order chi connectivity index (χ1) is 14.1. The molecular formula is C20H30ClN7O. The molecule has 0 unspecified atom stereocenters. The molecule has 0 aliphatic carbocycles. The van der Waals surface area contributed by atoms with Crippen molar-refractivity contribution in [2.24, 2.45) is 12.0 Å². The summed E-state index contributed by atoms with van der Waals surface area (Å²) in [5.41, 5.74) is 1.23. The maximum Gasteiger partial charge on any atom is 0.191 e. The third-order valence-corrected chi connectivity index (χ3v) is 5.26. The SMILES string of the molecule is Cc1nnc(CN=C(NCCc2ccc(Cl)cc2)NCCN2CCOCC2)n1C. The van der Waals surface area contributed by atoms with E-state index >= 15 is 0 Å². The normalized spacial score (nSPS) is 15.5. The molecule has 1 saturated heterocycles. The van der Waals surface area contributed by atoms with Crippen molar-refractivity contribution in [3.63, 3.8) is 0 Å². The summed E-state index contributed by atoms with van der Waals surface area (Å²) in [6.07, 6.45) is 0.893. The molecule has 158 valence electrons. The number of guanidine groups is 1. The molecule has 1 aliphatic heterocycles. The van der Waals surface area contributed by atoms with Crippen LogP contribution in [-0.2, 0) is 24.8 Å². The number of rotatable bonds is 8. The summed E-state index contributed by atoms with van der Waals surface area (Å²) in [5, 5.41) is 15.9. The number of hydrogen-bond donors (Lipinski definition) is 2. The highest BCUT2D eigenvalue weighted by atomic mass is 35.5. The molecule has 2 aromatic rings. The van der Waals surface area contributed by atoms with Crippen molar-refractivity contribution in [3.8, 4) is 0 Å². The van der Waals surface area contributed by atoms with Crippen molar-refractivity contribution >= 4 is 17.6 Å². The second-order valence-electron chi connectivity index (χ2n) is 7.07. The van der Waals surface area contributed by atoms with Crippen LogP contribution in [0.1, 0.15) is 17.2 Å². The zero-order valence-electron chi connectivity index (χ0n) is 17.2. The Morgan fingerprint density at radius 3 is 2.55 bits per heavy atom. The fraction of sp³-hybridized carbons (Fsp3) is 0.550. The molecule has 0 radical (unpaired) electrons. The van der Waals surface area contributed by atoms with Crippen LogP contribution in [0.4, 0.5) is 0 Å². The number of halogens is 1. The van der Waals surface area contributed by atoms with Gasteiger partial charge in [0.1, 0.15) is 12.4 Å². The van der Waals surface area contributed by atoms with E-state index in [2.05, 4.69) is 37.9 Å². The van der Waals surface area contributed by atoms with Crippen LogP contribution in [0.3, 0.4) is 0 Å². The number of morpholine rings is 1. The Morgan fingerprint density at radius 1 is 1.14 bits per heavy atom. The Kier molecular flexibility index (Phi) is 8.27. The number of aromatic nitrogens is 3. The van der Waals surface area contributed by atoms with Gasteiger partial charge in [-0.15, -0.1) is 10.2 Å². The molecule has 1 aromatic carbocycles. The molecule has 0 bridgehead atoms. The maximum absolute atomic E-state index is 5.96. The van der Waals surface area contributed by atoms with Gasteiger partial charge in [-0.1, -0.05) is 23.7 Å². The van der Waals surface area contributed by atoms with Gasteiger partial charge in [0, 0.05) is 44.8 Å². The Hall–Kier alpha value is -2.16. The lowest BCUT2D eigenvalue weighted by molar-refractivity contribution is 0.0389. The minimum absolute atomic E-state index is 0.477. The molecule has 2 heterocycles. The molecule has 2 N–H and O–H groups in total. The van der Waals surface area contributed by atoms with Crippen molar-refractivity contribution in [3.05, 3.63) is 46.5 Å². The lowest BCUT2D eigenvalue weighted by Crippen LogP contribution is -2.44. The lowest BCUT2D eigenvalue weighted by Gasteiger charge is -2.26. The van der Waals surface area contributed by atoms with E-state index in [1.54, 1.807) is 0 Å². The number of nitrogens with zero attached hydrogens (tertiary/aromatic N) is 5. The zero-order chi connectivity index (χ0) is 20.5. The van der Waals surface area contributed by atoms with E-state index < -0.39 is 0 Å². The van der Waals surface area contributed by atoms with Crippen LogP contribution in [0.5, 0.6) is 0 Å². The standard InChI is InChI=1S/C20H30ClN7O/c1-16-25-26-19(27(16)2)15-24-20(23-9-10-28-11-13-29-14-12-28)22-8-7-17-3-5-18(21)6-4-17/h3-6H,7-15H2,1-2H3,(H2,22,23,24). The smallest absolute Gasteiger partial charge is 0.191 e. The van der Waals surface area contributed by atoms with Crippen LogP contribution in [0.25, 0.3) is 0 Å².